The van der Waals surface area contributed by atoms with Crippen molar-refractivity contribution in [1.82, 2.24) is 14.9 Å². The molecule has 7 heteroatoms. The van der Waals surface area contributed by atoms with Crippen LogP contribution < -0.4 is 10.2 Å². The van der Waals surface area contributed by atoms with Crippen molar-refractivity contribution in [2.24, 2.45) is 0 Å². The van der Waals surface area contributed by atoms with Crippen molar-refractivity contribution in [3.8, 4) is 0 Å². The summed E-state index contributed by atoms with van der Waals surface area (Å²) in [7, 11) is 0. The Kier molecular flexibility index (Phi) is 6.47. The van der Waals surface area contributed by atoms with Crippen molar-refractivity contribution in [2.75, 3.05) is 42.9 Å². The fraction of sp³-hybridized carbons (Fsp3) is 0.500. The monoisotopic (exact) mass is 465 g/mol. The molecule has 3 aromatic rings. The summed E-state index contributed by atoms with van der Waals surface area (Å²) in [5.41, 5.74) is 4.89. The summed E-state index contributed by atoms with van der Waals surface area (Å²) in [4.78, 5) is 29.2. The van der Waals surface area contributed by atoms with Gasteiger partial charge in [-0.05, 0) is 56.6 Å². The number of nitrogens with one attached hydrogen (secondary N) is 1. The molecule has 2 aromatic heterocycles. The Morgan fingerprint density at radius 3 is 2.39 bits per heavy atom. The summed E-state index contributed by atoms with van der Waals surface area (Å²) in [5, 5.41) is 4.13. The summed E-state index contributed by atoms with van der Waals surface area (Å²) in [5.74, 6) is 0.728. The molecule has 0 unspecified atom stereocenters. The highest BCUT2D eigenvalue weighted by atomic mass is 32.1. The average Bonchev–Trinajstić information content (AvgIpc) is 3.11. The van der Waals surface area contributed by atoms with Gasteiger partial charge in [0.1, 0.15) is 10.7 Å². The first-order valence-electron chi connectivity index (χ1n) is 11.8. The second-order valence-electron chi connectivity index (χ2n) is 9.99. The Bertz CT molecular complexity index is 1190. The maximum Gasteiger partial charge on any atom is 0.266 e. The van der Waals surface area contributed by atoms with Crippen LogP contribution in [0.2, 0.25) is 0 Å². The van der Waals surface area contributed by atoms with Gasteiger partial charge in [0.2, 0.25) is 0 Å². The molecule has 0 spiro atoms. The van der Waals surface area contributed by atoms with Crippen molar-refractivity contribution in [1.29, 1.82) is 0 Å². The van der Waals surface area contributed by atoms with E-state index in [1.54, 1.807) is 0 Å². The van der Waals surface area contributed by atoms with E-state index in [-0.39, 0.29) is 11.3 Å². The van der Waals surface area contributed by atoms with Crippen LogP contribution in [0.5, 0.6) is 0 Å². The van der Waals surface area contributed by atoms with Crippen LogP contribution in [0.4, 0.5) is 11.4 Å². The van der Waals surface area contributed by atoms with Crippen LogP contribution in [0.3, 0.4) is 0 Å². The fourth-order valence-electron chi connectivity index (χ4n) is 4.38. The van der Waals surface area contributed by atoms with E-state index in [0.717, 1.165) is 71.3 Å². The first kappa shape index (κ1) is 23.6. The molecule has 0 saturated carbocycles. The summed E-state index contributed by atoms with van der Waals surface area (Å²) < 4.78 is 0. The molecule has 0 radical (unpaired) electrons. The summed E-state index contributed by atoms with van der Waals surface area (Å²) >= 11 is 1.45. The maximum absolute atomic E-state index is 13.2. The zero-order valence-corrected chi connectivity index (χ0v) is 21.7. The molecule has 4 rings (SSSR count). The highest BCUT2D eigenvalue weighted by Crippen LogP contribution is 2.34. The number of piperazine rings is 1. The number of hydrogen-bond donors (Lipinski definition) is 1. The van der Waals surface area contributed by atoms with Crippen LogP contribution in [0.25, 0.3) is 10.2 Å². The Labute approximate surface area is 201 Å². The second kappa shape index (κ2) is 9.03. The van der Waals surface area contributed by atoms with E-state index in [1.165, 1.54) is 17.0 Å². The van der Waals surface area contributed by atoms with E-state index in [0.29, 0.717) is 4.88 Å². The molecular formula is C26H35N5OS. The summed E-state index contributed by atoms with van der Waals surface area (Å²) in [6, 6.07) is 6.33. The maximum atomic E-state index is 13.2. The van der Waals surface area contributed by atoms with Crippen molar-refractivity contribution >= 4 is 38.8 Å². The van der Waals surface area contributed by atoms with Gasteiger partial charge < -0.3 is 15.1 Å². The van der Waals surface area contributed by atoms with E-state index in [2.05, 4.69) is 61.9 Å². The molecule has 0 atom stereocenters. The van der Waals surface area contributed by atoms with Crippen LogP contribution >= 0.6 is 11.3 Å². The number of benzene rings is 1. The Morgan fingerprint density at radius 2 is 1.79 bits per heavy atom. The molecule has 1 saturated heterocycles. The number of fused-ring (bicyclic) bond motifs is 1. The van der Waals surface area contributed by atoms with Gasteiger partial charge in [-0.3, -0.25) is 4.79 Å². The molecule has 6 nitrogen and oxygen atoms in total. The molecule has 33 heavy (non-hydrogen) atoms. The second-order valence-corrected chi connectivity index (χ2v) is 11.0. The summed E-state index contributed by atoms with van der Waals surface area (Å²) in [6.45, 7) is 20.0. The lowest BCUT2D eigenvalue weighted by atomic mass is 9.95. The van der Waals surface area contributed by atoms with Gasteiger partial charge >= 0.3 is 0 Å². The molecular weight excluding hydrogens is 430 g/mol. The Hall–Kier alpha value is -2.51. The zero-order chi connectivity index (χ0) is 23.9. The zero-order valence-electron chi connectivity index (χ0n) is 20.9. The highest BCUT2D eigenvalue weighted by Gasteiger charge is 2.24. The SMILES string of the molecule is CCN1CCN(c2ccc(NC(=O)c3sc4nc(C(C)(C)C)nc(C)c4c3C)c(C)c2)CC1. The number of carbonyl (C=O) groups is 1. The van der Waals surface area contributed by atoms with Gasteiger partial charge in [-0.15, -0.1) is 11.3 Å². The predicted molar refractivity (Wildman–Crippen MR) is 139 cm³/mol. The first-order valence-corrected chi connectivity index (χ1v) is 12.6. The number of anilines is 2. The van der Waals surface area contributed by atoms with Crippen molar-refractivity contribution in [2.45, 2.75) is 53.9 Å². The number of nitrogens with zero attached hydrogens (tertiary/aromatic N) is 4. The van der Waals surface area contributed by atoms with E-state index in [1.807, 2.05) is 19.9 Å². The quantitative estimate of drug-likeness (QED) is 0.566. The van der Waals surface area contributed by atoms with Crippen LogP contribution in [0.15, 0.2) is 18.2 Å². The van der Waals surface area contributed by atoms with Gasteiger partial charge in [0, 0.05) is 48.4 Å². The van der Waals surface area contributed by atoms with Gasteiger partial charge in [0.05, 0.1) is 10.6 Å². The molecule has 1 amide bonds. The topological polar surface area (TPSA) is 61.4 Å². The lowest BCUT2D eigenvalue weighted by molar-refractivity contribution is 0.103. The lowest BCUT2D eigenvalue weighted by Crippen LogP contribution is -2.46. The number of likely N-dealkylation sites (N-methyl/N-ethyl adjacent to an activating group) is 1. The Balaban J connectivity index is 1.56. The number of hydrogen-bond acceptors (Lipinski definition) is 6. The molecule has 1 N–H and O–H groups in total. The van der Waals surface area contributed by atoms with Gasteiger partial charge in [0.15, 0.2) is 0 Å². The third-order valence-corrected chi connectivity index (χ3v) is 7.68. The number of thiophene rings is 1. The molecule has 1 aliphatic rings. The fourth-order valence-corrected chi connectivity index (χ4v) is 5.50. The van der Waals surface area contributed by atoms with Gasteiger partial charge in [-0.1, -0.05) is 27.7 Å². The predicted octanol–water partition coefficient (Wildman–Crippen LogP) is 5.31. The Morgan fingerprint density at radius 1 is 1.09 bits per heavy atom. The van der Waals surface area contributed by atoms with E-state index < -0.39 is 0 Å². The number of aryl methyl sites for hydroxylation is 3. The first-order chi connectivity index (χ1) is 15.6. The lowest BCUT2D eigenvalue weighted by Gasteiger charge is -2.35. The van der Waals surface area contributed by atoms with Crippen molar-refractivity contribution in [3.63, 3.8) is 0 Å². The standard InChI is InChI=1S/C26H35N5OS/c1-8-30-11-13-31(14-12-30)19-9-10-20(16(2)15-19)28-23(32)22-17(3)21-18(4)27-25(26(5,6)7)29-24(21)33-22/h9-10,15H,8,11-14H2,1-7H3,(H,28,32). The molecule has 1 aliphatic heterocycles. The van der Waals surface area contributed by atoms with Gasteiger partial charge in [-0.25, -0.2) is 9.97 Å². The minimum Gasteiger partial charge on any atom is -0.369 e. The highest BCUT2D eigenvalue weighted by molar-refractivity contribution is 7.20. The number of aromatic nitrogens is 2. The minimum atomic E-state index is -0.138. The molecule has 176 valence electrons. The molecule has 0 aliphatic carbocycles. The largest absolute Gasteiger partial charge is 0.369 e. The number of carbonyl (C=O) groups excluding carboxylic acids is 1. The van der Waals surface area contributed by atoms with Crippen LogP contribution in [0.1, 0.15) is 60.0 Å². The van der Waals surface area contributed by atoms with Crippen LogP contribution in [-0.2, 0) is 5.41 Å². The molecule has 1 fully saturated rings. The van der Waals surface area contributed by atoms with Crippen molar-refractivity contribution in [3.05, 3.63) is 45.7 Å². The smallest absolute Gasteiger partial charge is 0.266 e. The van der Waals surface area contributed by atoms with E-state index >= 15 is 0 Å². The molecule has 3 heterocycles. The molecule has 0 bridgehead atoms. The molecule has 1 aromatic carbocycles. The number of amides is 1. The van der Waals surface area contributed by atoms with Crippen LogP contribution in [-0.4, -0.2) is 53.5 Å². The van der Waals surface area contributed by atoms with E-state index in [4.69, 9.17) is 9.97 Å². The van der Waals surface area contributed by atoms with E-state index in [9.17, 15) is 4.79 Å². The van der Waals surface area contributed by atoms with Gasteiger partial charge in [-0.2, -0.15) is 0 Å². The number of rotatable bonds is 4. The third-order valence-electron chi connectivity index (χ3n) is 6.49. The minimum absolute atomic E-state index is 0.0837. The summed E-state index contributed by atoms with van der Waals surface area (Å²) in [6.07, 6.45) is 0. The van der Waals surface area contributed by atoms with Crippen molar-refractivity contribution < 1.29 is 4.79 Å². The van der Waals surface area contributed by atoms with Crippen LogP contribution in [0, 0.1) is 20.8 Å². The average molecular weight is 466 g/mol. The van der Waals surface area contributed by atoms with Gasteiger partial charge in [0.25, 0.3) is 5.91 Å². The normalized spacial score (nSPS) is 15.3. The third kappa shape index (κ3) is 4.75.